The summed E-state index contributed by atoms with van der Waals surface area (Å²) in [6.07, 6.45) is 10.2. The van der Waals surface area contributed by atoms with Crippen molar-refractivity contribution in [1.29, 1.82) is 0 Å². The average Bonchev–Trinajstić information content (AvgIpc) is 3.36. The Morgan fingerprint density at radius 2 is 2.07 bits per heavy atom. The van der Waals surface area contributed by atoms with Crippen LogP contribution in [0.2, 0.25) is 0 Å². The topological polar surface area (TPSA) is 157 Å². The fourth-order valence-electron chi connectivity index (χ4n) is 6.29. The van der Waals surface area contributed by atoms with E-state index in [2.05, 4.69) is 27.7 Å². The van der Waals surface area contributed by atoms with E-state index in [4.69, 9.17) is 24.7 Å². The summed E-state index contributed by atoms with van der Waals surface area (Å²) in [6, 6.07) is 8.99. The molecule has 1 saturated carbocycles. The van der Waals surface area contributed by atoms with Crippen molar-refractivity contribution in [3.8, 4) is 35.0 Å². The Morgan fingerprint density at radius 1 is 1.24 bits per heavy atom. The second-order valence-electron chi connectivity index (χ2n) is 11.9. The maximum absolute atomic E-state index is 12.6. The number of anilines is 1. The molecule has 2 aromatic carbocycles. The van der Waals surface area contributed by atoms with Crippen LogP contribution in [0.25, 0.3) is 0 Å². The summed E-state index contributed by atoms with van der Waals surface area (Å²) < 4.78 is 23.2. The van der Waals surface area contributed by atoms with Crippen LogP contribution in [0.3, 0.4) is 0 Å². The quantitative estimate of drug-likeness (QED) is 0.0679. The Labute approximate surface area is 271 Å². The Morgan fingerprint density at radius 3 is 2.80 bits per heavy atom. The lowest BCUT2D eigenvalue weighted by Gasteiger charge is -2.32. The number of ketones is 1. The minimum absolute atomic E-state index is 0.0140. The highest BCUT2D eigenvalue weighted by Crippen LogP contribution is 2.48. The van der Waals surface area contributed by atoms with E-state index in [1.54, 1.807) is 31.3 Å². The zero-order valence-electron chi connectivity index (χ0n) is 27.1. The number of likely N-dealkylation sites (N-methyl/N-ethyl adjacent to an activating group) is 1. The molecule has 248 valence electrons. The number of carbonyl (C=O) groups is 1. The van der Waals surface area contributed by atoms with Crippen molar-refractivity contribution in [3.05, 3.63) is 53.6 Å². The van der Waals surface area contributed by atoms with E-state index < -0.39 is 11.9 Å². The number of carbonyl (C=O) groups excluding carboxylic acids is 1. The summed E-state index contributed by atoms with van der Waals surface area (Å²) in [7, 11) is 6.50. The summed E-state index contributed by atoms with van der Waals surface area (Å²) in [5, 5.41) is 26.5. The summed E-state index contributed by atoms with van der Waals surface area (Å²) in [5.74, 6) is 5.18. The van der Waals surface area contributed by atoms with Gasteiger partial charge in [0, 0.05) is 40.0 Å². The van der Waals surface area contributed by atoms with Crippen LogP contribution in [0.15, 0.2) is 47.5 Å². The van der Waals surface area contributed by atoms with Gasteiger partial charge in [-0.25, -0.2) is 0 Å². The van der Waals surface area contributed by atoms with Crippen LogP contribution in [-0.4, -0.2) is 68.7 Å². The number of aromatic hydroxyl groups is 1. The van der Waals surface area contributed by atoms with Gasteiger partial charge < -0.3 is 45.5 Å². The number of nitrogens with two attached hydrogens (primary N) is 1. The lowest BCUT2D eigenvalue weighted by atomic mass is 9.90. The number of aliphatic hydroxyl groups is 1. The summed E-state index contributed by atoms with van der Waals surface area (Å²) in [4.78, 5) is 16.6. The Balaban J connectivity index is 1.53. The van der Waals surface area contributed by atoms with Gasteiger partial charge >= 0.3 is 0 Å². The van der Waals surface area contributed by atoms with Gasteiger partial charge in [0.05, 0.1) is 12.8 Å². The first kappa shape index (κ1) is 34.6. The van der Waals surface area contributed by atoms with Gasteiger partial charge in [-0.05, 0) is 92.5 Å². The fraction of sp³-hybridized carbons (Fsp3) is 0.486. The molecule has 4 rings (SSSR count). The number of guanidine groups is 1. The third-order valence-corrected chi connectivity index (χ3v) is 8.55. The van der Waals surface area contributed by atoms with Crippen LogP contribution in [0, 0.1) is 23.9 Å². The summed E-state index contributed by atoms with van der Waals surface area (Å²) >= 11 is 0. The number of allylic oxidation sites excluding steroid dienone is 2. The molecule has 46 heavy (non-hydrogen) atoms. The number of hydrogen-bond acceptors (Lipinski definition) is 9. The predicted molar refractivity (Wildman–Crippen MR) is 177 cm³/mol. The van der Waals surface area contributed by atoms with Gasteiger partial charge in [-0.2, -0.15) is 0 Å². The molecule has 2 aromatic rings. The number of phenolic OH excluding ortho intramolecular Hbond substituents is 1. The first-order chi connectivity index (χ1) is 22.2. The molecule has 0 aromatic heterocycles. The molecule has 2 aliphatic rings. The van der Waals surface area contributed by atoms with Gasteiger partial charge in [0.25, 0.3) is 0 Å². The predicted octanol–water partition coefficient (Wildman–Crippen LogP) is 3.91. The van der Waals surface area contributed by atoms with Gasteiger partial charge in [0.15, 0.2) is 35.3 Å². The van der Waals surface area contributed by atoms with E-state index in [0.717, 1.165) is 17.5 Å². The van der Waals surface area contributed by atoms with E-state index in [1.165, 1.54) is 14.2 Å². The highest BCUT2D eigenvalue weighted by atomic mass is 16.6. The average molecular weight is 635 g/mol. The van der Waals surface area contributed by atoms with Crippen molar-refractivity contribution in [3.63, 3.8) is 0 Å². The number of methoxy groups -OCH3 is 2. The number of nitrogens with one attached hydrogen (secondary N) is 2. The minimum atomic E-state index is -0.852. The number of hydrogen-bond donors (Lipinski definition) is 5. The number of ether oxygens (including phenoxy) is 4. The number of phenols is 1. The third-order valence-electron chi connectivity index (χ3n) is 8.55. The highest BCUT2D eigenvalue weighted by molar-refractivity contribution is 5.94. The van der Waals surface area contributed by atoms with Crippen LogP contribution >= 0.6 is 0 Å². The molecule has 6 N–H and O–H groups in total. The summed E-state index contributed by atoms with van der Waals surface area (Å²) in [6.45, 7) is 0.600. The molecule has 1 aliphatic heterocycles. The molecule has 1 heterocycles. The molecule has 0 spiro atoms. The largest absolute Gasteiger partial charge is 0.504 e. The third kappa shape index (κ3) is 9.16. The molecular formula is C35H46N4O7. The van der Waals surface area contributed by atoms with Crippen LogP contribution in [0.4, 0.5) is 5.69 Å². The number of aryl methyl sites for hydroxylation is 2. The van der Waals surface area contributed by atoms with Crippen LogP contribution in [0.1, 0.15) is 49.7 Å². The van der Waals surface area contributed by atoms with E-state index in [-0.39, 0.29) is 29.3 Å². The van der Waals surface area contributed by atoms with Crippen molar-refractivity contribution in [1.82, 2.24) is 5.32 Å². The first-order valence-corrected chi connectivity index (χ1v) is 15.6. The first-order valence-electron chi connectivity index (χ1n) is 15.6. The summed E-state index contributed by atoms with van der Waals surface area (Å²) in [5.41, 5.74) is 7.96. The molecule has 11 nitrogen and oxygen atoms in total. The van der Waals surface area contributed by atoms with Gasteiger partial charge in [-0.3, -0.25) is 9.79 Å². The SMILES string of the molecule is CN=C(N)Nc1cc(CCC=CC(=O)CCc2ccc(O)c(OC)c2)cc2c1OC#CCC1CC(CNC)(CC1CC(O)OC)O2. The molecule has 0 amide bonds. The normalized spacial score (nSPS) is 21.4. The van der Waals surface area contributed by atoms with Crippen molar-refractivity contribution in [2.45, 2.75) is 63.3 Å². The molecule has 4 unspecified atom stereocenters. The van der Waals surface area contributed by atoms with Crippen LogP contribution in [-0.2, 0) is 22.4 Å². The Bertz CT molecular complexity index is 1480. The standard InChI is InChI=1S/C35H46N4O7/c1-37-22-35-20-25(26(21-35)19-32(42)44-4)9-7-15-45-33-28(39-34(36)38-2)16-24(18-31(33)46-35)8-5-6-10-27(40)13-11-23-12-14-29(41)30(17-23)43-3/h6,10,12,14,16-18,25-26,32,37,41-42H,5,8-9,11,13,19-22H2,1-4H3,(H3,36,38,39). The van der Waals surface area contributed by atoms with Crippen LogP contribution in [0.5, 0.6) is 23.0 Å². The van der Waals surface area contributed by atoms with Crippen LogP contribution < -0.4 is 30.6 Å². The van der Waals surface area contributed by atoms with Gasteiger partial charge in [-0.1, -0.05) is 18.1 Å². The molecule has 0 radical (unpaired) electrons. The molecule has 1 aliphatic carbocycles. The molecule has 0 saturated heterocycles. The molecule has 11 heteroatoms. The fourth-order valence-corrected chi connectivity index (χ4v) is 6.29. The minimum Gasteiger partial charge on any atom is -0.504 e. The molecule has 4 atom stereocenters. The molecule has 2 bridgehead atoms. The Hall–Kier alpha value is -4.24. The zero-order valence-corrected chi connectivity index (χ0v) is 27.1. The van der Waals surface area contributed by atoms with Gasteiger partial charge in [-0.15, -0.1) is 0 Å². The second-order valence-corrected chi connectivity index (χ2v) is 11.9. The lowest BCUT2D eigenvalue weighted by molar-refractivity contribution is -0.114. The number of aliphatic imine (C=N–C) groups is 1. The van der Waals surface area contributed by atoms with Gasteiger partial charge in [0.2, 0.25) is 5.75 Å². The van der Waals surface area contributed by atoms with Crippen molar-refractivity contribution in [2.24, 2.45) is 22.6 Å². The number of aliphatic hydroxyl groups excluding tert-OH is 1. The number of nitrogens with zero attached hydrogens (tertiary/aromatic N) is 1. The molecule has 1 fully saturated rings. The maximum Gasteiger partial charge on any atom is 0.205 e. The van der Waals surface area contributed by atoms with E-state index in [9.17, 15) is 15.0 Å². The number of rotatable bonds is 14. The van der Waals surface area contributed by atoms with E-state index in [0.29, 0.717) is 74.4 Å². The smallest absolute Gasteiger partial charge is 0.205 e. The van der Waals surface area contributed by atoms with Crippen molar-refractivity contribution >= 4 is 17.4 Å². The number of benzene rings is 2. The lowest BCUT2D eigenvalue weighted by Crippen LogP contribution is -2.43. The highest BCUT2D eigenvalue weighted by Gasteiger charge is 2.47. The maximum atomic E-state index is 12.6. The van der Waals surface area contributed by atoms with Crippen molar-refractivity contribution in [2.75, 3.05) is 40.2 Å². The van der Waals surface area contributed by atoms with E-state index in [1.807, 2.05) is 25.3 Å². The second kappa shape index (κ2) is 16.4. The zero-order chi connectivity index (χ0) is 33.1. The van der Waals surface area contributed by atoms with Gasteiger partial charge in [0.1, 0.15) is 11.7 Å². The Kier molecular flexibility index (Phi) is 12.3. The monoisotopic (exact) mass is 634 g/mol. The van der Waals surface area contributed by atoms with Crippen molar-refractivity contribution < 1.29 is 34.0 Å². The molecular weight excluding hydrogens is 588 g/mol. The van der Waals surface area contributed by atoms with E-state index >= 15 is 0 Å². The number of fused-ring (bicyclic) bond motifs is 3.